The van der Waals surface area contributed by atoms with Gasteiger partial charge in [-0.3, -0.25) is 9.59 Å². The van der Waals surface area contributed by atoms with Gasteiger partial charge in [0, 0.05) is 24.3 Å². The average Bonchev–Trinajstić information content (AvgIpc) is 3.23. The molecular weight excluding hydrogens is 340 g/mol. The van der Waals surface area contributed by atoms with Gasteiger partial charge in [-0.05, 0) is 55.7 Å². The summed E-state index contributed by atoms with van der Waals surface area (Å²) in [7, 11) is 0. The zero-order chi connectivity index (χ0) is 19.1. The van der Waals surface area contributed by atoms with E-state index < -0.39 is 0 Å². The maximum absolute atomic E-state index is 12.6. The number of carbonyl (C=O) groups excluding carboxylic acids is 2. The average molecular weight is 366 g/mol. The second-order valence-corrected chi connectivity index (χ2v) is 6.73. The maximum atomic E-state index is 12.6. The van der Waals surface area contributed by atoms with Crippen LogP contribution in [0.15, 0.2) is 48.5 Å². The number of anilines is 1. The molecule has 2 aromatic rings. The summed E-state index contributed by atoms with van der Waals surface area (Å²) in [5.74, 6) is 0.421. The van der Waals surface area contributed by atoms with Gasteiger partial charge in [0.1, 0.15) is 5.75 Å². The molecule has 5 heteroatoms. The van der Waals surface area contributed by atoms with E-state index in [4.69, 9.17) is 4.74 Å². The molecule has 142 valence electrons. The summed E-state index contributed by atoms with van der Waals surface area (Å²) in [5.41, 5.74) is 1.81. The molecule has 2 amide bonds. The van der Waals surface area contributed by atoms with Crippen LogP contribution in [0.2, 0.25) is 0 Å². The molecule has 1 aliphatic rings. The van der Waals surface area contributed by atoms with Crippen LogP contribution in [-0.2, 0) is 0 Å². The lowest BCUT2D eigenvalue weighted by molar-refractivity contribution is 0.0792. The molecule has 2 aromatic carbocycles. The fourth-order valence-corrected chi connectivity index (χ4v) is 3.10. The van der Waals surface area contributed by atoms with Gasteiger partial charge in [-0.1, -0.05) is 25.5 Å². The zero-order valence-corrected chi connectivity index (χ0v) is 15.7. The van der Waals surface area contributed by atoms with E-state index in [1.54, 1.807) is 30.3 Å². The van der Waals surface area contributed by atoms with E-state index in [0.29, 0.717) is 29.2 Å². The van der Waals surface area contributed by atoms with Crippen molar-refractivity contribution in [1.29, 1.82) is 0 Å². The number of benzene rings is 2. The normalized spacial score (nSPS) is 13.4. The summed E-state index contributed by atoms with van der Waals surface area (Å²) in [5, 5.41) is 2.88. The molecule has 0 radical (unpaired) electrons. The quantitative estimate of drug-likeness (QED) is 0.741. The Balaban J connectivity index is 1.65. The highest BCUT2D eigenvalue weighted by molar-refractivity contribution is 6.06. The van der Waals surface area contributed by atoms with Crippen molar-refractivity contribution in [3.8, 4) is 5.75 Å². The number of nitrogens with zero attached hydrogens (tertiary/aromatic N) is 1. The molecule has 0 atom stereocenters. The van der Waals surface area contributed by atoms with E-state index in [9.17, 15) is 9.59 Å². The van der Waals surface area contributed by atoms with Gasteiger partial charge in [0.05, 0.1) is 12.2 Å². The van der Waals surface area contributed by atoms with Gasteiger partial charge in [-0.2, -0.15) is 0 Å². The Bertz CT molecular complexity index is 780. The van der Waals surface area contributed by atoms with Crippen LogP contribution in [0.3, 0.4) is 0 Å². The molecule has 1 aliphatic heterocycles. The van der Waals surface area contributed by atoms with Crippen LogP contribution >= 0.6 is 0 Å². The lowest BCUT2D eigenvalue weighted by Crippen LogP contribution is -2.27. The van der Waals surface area contributed by atoms with Crippen molar-refractivity contribution < 1.29 is 14.3 Å². The Kier molecular flexibility index (Phi) is 6.47. The molecule has 0 saturated carbocycles. The van der Waals surface area contributed by atoms with E-state index in [2.05, 4.69) is 12.2 Å². The maximum Gasteiger partial charge on any atom is 0.259 e. The fraction of sp³-hybridized carbons (Fsp3) is 0.364. The monoisotopic (exact) mass is 366 g/mol. The van der Waals surface area contributed by atoms with Crippen LogP contribution in [0.5, 0.6) is 5.75 Å². The first-order valence-electron chi connectivity index (χ1n) is 9.61. The predicted octanol–water partition coefficient (Wildman–Crippen LogP) is 4.35. The van der Waals surface area contributed by atoms with E-state index in [1.807, 2.05) is 23.1 Å². The van der Waals surface area contributed by atoms with Gasteiger partial charge in [0.25, 0.3) is 11.8 Å². The molecule has 1 fully saturated rings. The fourth-order valence-electron chi connectivity index (χ4n) is 3.10. The highest BCUT2D eigenvalue weighted by atomic mass is 16.5. The number of likely N-dealkylation sites (tertiary alicyclic amines) is 1. The van der Waals surface area contributed by atoms with Gasteiger partial charge < -0.3 is 15.0 Å². The third-order valence-corrected chi connectivity index (χ3v) is 4.67. The van der Waals surface area contributed by atoms with Crippen molar-refractivity contribution in [2.24, 2.45) is 0 Å². The van der Waals surface area contributed by atoms with Crippen LogP contribution in [0.25, 0.3) is 0 Å². The first kappa shape index (κ1) is 19.0. The standard InChI is InChI=1S/C22H26N2O3/c1-2-3-16-27-20-9-5-4-8-19(20)21(25)23-18-12-10-17(11-13-18)22(26)24-14-6-7-15-24/h4-5,8-13H,2-3,6-7,14-16H2,1H3,(H,23,25). The summed E-state index contributed by atoms with van der Waals surface area (Å²) < 4.78 is 5.73. The van der Waals surface area contributed by atoms with Crippen molar-refractivity contribution in [2.45, 2.75) is 32.6 Å². The summed E-state index contributed by atoms with van der Waals surface area (Å²) in [4.78, 5) is 26.9. The van der Waals surface area contributed by atoms with Gasteiger partial charge in [-0.25, -0.2) is 0 Å². The first-order valence-corrected chi connectivity index (χ1v) is 9.61. The molecule has 1 saturated heterocycles. The minimum atomic E-state index is -0.222. The zero-order valence-electron chi connectivity index (χ0n) is 15.7. The van der Waals surface area contributed by atoms with Crippen LogP contribution in [0.4, 0.5) is 5.69 Å². The SMILES string of the molecule is CCCCOc1ccccc1C(=O)Nc1ccc(C(=O)N2CCCC2)cc1. The molecule has 27 heavy (non-hydrogen) atoms. The third-order valence-electron chi connectivity index (χ3n) is 4.67. The first-order chi connectivity index (χ1) is 13.2. The van der Waals surface area contributed by atoms with Crippen LogP contribution in [0.1, 0.15) is 53.3 Å². The Hall–Kier alpha value is -2.82. The molecule has 3 rings (SSSR count). The Labute approximate surface area is 160 Å². The van der Waals surface area contributed by atoms with E-state index in [1.165, 1.54) is 0 Å². The number of rotatable bonds is 7. The minimum absolute atomic E-state index is 0.0556. The molecule has 1 heterocycles. The summed E-state index contributed by atoms with van der Waals surface area (Å²) >= 11 is 0. The minimum Gasteiger partial charge on any atom is -0.493 e. The molecule has 0 spiro atoms. The molecule has 0 aromatic heterocycles. The number of hydrogen-bond donors (Lipinski definition) is 1. The molecule has 5 nitrogen and oxygen atoms in total. The summed E-state index contributed by atoms with van der Waals surface area (Å²) in [6, 6.07) is 14.3. The number of carbonyl (C=O) groups is 2. The lowest BCUT2D eigenvalue weighted by Gasteiger charge is -2.15. The second kappa shape index (κ2) is 9.21. The van der Waals surface area contributed by atoms with Gasteiger partial charge in [0.2, 0.25) is 0 Å². The van der Waals surface area contributed by atoms with Crippen molar-refractivity contribution in [3.05, 3.63) is 59.7 Å². The van der Waals surface area contributed by atoms with E-state index >= 15 is 0 Å². The molecular formula is C22H26N2O3. The largest absolute Gasteiger partial charge is 0.493 e. The van der Waals surface area contributed by atoms with Crippen molar-refractivity contribution in [3.63, 3.8) is 0 Å². The lowest BCUT2D eigenvalue weighted by atomic mass is 10.1. The van der Waals surface area contributed by atoms with Crippen LogP contribution in [0, 0.1) is 0 Å². The second-order valence-electron chi connectivity index (χ2n) is 6.73. The van der Waals surface area contributed by atoms with Crippen molar-refractivity contribution >= 4 is 17.5 Å². The highest BCUT2D eigenvalue weighted by Gasteiger charge is 2.19. The van der Waals surface area contributed by atoms with Gasteiger partial charge >= 0.3 is 0 Å². The number of ether oxygens (including phenoxy) is 1. The van der Waals surface area contributed by atoms with Gasteiger partial charge in [-0.15, -0.1) is 0 Å². The smallest absolute Gasteiger partial charge is 0.259 e. The number of unbranched alkanes of at least 4 members (excludes halogenated alkanes) is 1. The van der Waals surface area contributed by atoms with Crippen LogP contribution in [-0.4, -0.2) is 36.4 Å². The number of hydrogen-bond acceptors (Lipinski definition) is 3. The number of nitrogens with one attached hydrogen (secondary N) is 1. The summed E-state index contributed by atoms with van der Waals surface area (Å²) in [6.45, 7) is 4.34. The van der Waals surface area contributed by atoms with Gasteiger partial charge in [0.15, 0.2) is 0 Å². The van der Waals surface area contributed by atoms with Crippen molar-refractivity contribution in [2.75, 3.05) is 25.0 Å². The molecule has 0 unspecified atom stereocenters. The van der Waals surface area contributed by atoms with E-state index in [-0.39, 0.29) is 11.8 Å². The Morgan fingerprint density at radius 2 is 1.74 bits per heavy atom. The molecule has 0 bridgehead atoms. The number of para-hydroxylation sites is 1. The highest BCUT2D eigenvalue weighted by Crippen LogP contribution is 2.21. The summed E-state index contributed by atoms with van der Waals surface area (Å²) in [6.07, 6.45) is 4.12. The molecule has 0 aliphatic carbocycles. The Morgan fingerprint density at radius 1 is 1.04 bits per heavy atom. The molecule has 1 N–H and O–H groups in total. The Morgan fingerprint density at radius 3 is 2.44 bits per heavy atom. The van der Waals surface area contributed by atoms with Crippen molar-refractivity contribution in [1.82, 2.24) is 4.90 Å². The topological polar surface area (TPSA) is 58.6 Å². The third kappa shape index (κ3) is 4.88. The predicted molar refractivity (Wildman–Crippen MR) is 106 cm³/mol. The van der Waals surface area contributed by atoms with E-state index in [0.717, 1.165) is 38.8 Å². The van der Waals surface area contributed by atoms with Crippen LogP contribution < -0.4 is 10.1 Å². The number of amides is 2.